The zero-order valence-corrected chi connectivity index (χ0v) is 8.06. The summed E-state index contributed by atoms with van der Waals surface area (Å²) in [6.45, 7) is 1.28. The average Bonchev–Trinajstić information content (AvgIpc) is 2.16. The monoisotopic (exact) mass is 199 g/mol. The highest BCUT2D eigenvalue weighted by Gasteiger charge is 2.16. The molecule has 1 N–H and O–H groups in total. The summed E-state index contributed by atoms with van der Waals surface area (Å²) in [7, 11) is 1.81. The molecule has 1 aliphatic rings. The van der Waals surface area contributed by atoms with Gasteiger partial charge in [0, 0.05) is 19.0 Å². The van der Waals surface area contributed by atoms with Crippen molar-refractivity contribution in [3.63, 3.8) is 0 Å². The van der Waals surface area contributed by atoms with Crippen molar-refractivity contribution in [2.75, 3.05) is 19.0 Å². The van der Waals surface area contributed by atoms with E-state index in [1.165, 1.54) is 0 Å². The summed E-state index contributed by atoms with van der Waals surface area (Å²) in [5.41, 5.74) is 2.02. The van der Waals surface area contributed by atoms with E-state index in [4.69, 9.17) is 16.3 Å². The van der Waals surface area contributed by atoms with Crippen LogP contribution >= 0.6 is 11.6 Å². The van der Waals surface area contributed by atoms with Crippen molar-refractivity contribution in [1.29, 1.82) is 0 Å². The molecule has 4 nitrogen and oxygen atoms in total. The molecule has 0 radical (unpaired) electrons. The van der Waals surface area contributed by atoms with E-state index < -0.39 is 0 Å². The van der Waals surface area contributed by atoms with Gasteiger partial charge in [0.1, 0.15) is 5.82 Å². The molecule has 0 aromatic carbocycles. The van der Waals surface area contributed by atoms with Crippen LogP contribution in [0.3, 0.4) is 0 Å². The lowest BCUT2D eigenvalue weighted by Crippen LogP contribution is -2.15. The molecule has 0 unspecified atom stereocenters. The van der Waals surface area contributed by atoms with Gasteiger partial charge in [0.15, 0.2) is 0 Å². The SMILES string of the molecule is CNc1nc(Cl)nc2c1COCC2. The van der Waals surface area contributed by atoms with Crippen LogP contribution in [-0.2, 0) is 17.8 Å². The zero-order valence-electron chi connectivity index (χ0n) is 7.30. The lowest BCUT2D eigenvalue weighted by molar-refractivity contribution is 0.109. The lowest BCUT2D eigenvalue weighted by atomic mass is 10.1. The van der Waals surface area contributed by atoms with E-state index in [-0.39, 0.29) is 0 Å². The van der Waals surface area contributed by atoms with Crippen LogP contribution in [0, 0.1) is 0 Å². The first kappa shape index (κ1) is 8.72. The standard InChI is InChI=1S/C8H10ClN3O/c1-10-7-5-4-13-3-2-6(5)11-8(9)12-7/h2-4H2,1H3,(H,10,11,12). The number of ether oxygens (including phenoxy) is 1. The number of hydrogen-bond donors (Lipinski definition) is 1. The second kappa shape index (κ2) is 3.47. The Hall–Kier alpha value is -0.870. The van der Waals surface area contributed by atoms with Crippen LogP contribution < -0.4 is 5.32 Å². The minimum absolute atomic E-state index is 0.296. The molecule has 2 heterocycles. The molecule has 5 heteroatoms. The number of aromatic nitrogens is 2. The minimum Gasteiger partial charge on any atom is -0.376 e. The van der Waals surface area contributed by atoms with Gasteiger partial charge in [-0.3, -0.25) is 0 Å². The van der Waals surface area contributed by atoms with Crippen LogP contribution in [0.15, 0.2) is 0 Å². The Morgan fingerprint density at radius 1 is 1.46 bits per heavy atom. The number of rotatable bonds is 1. The predicted molar refractivity (Wildman–Crippen MR) is 49.9 cm³/mol. The van der Waals surface area contributed by atoms with Gasteiger partial charge in [-0.25, -0.2) is 9.97 Å². The third kappa shape index (κ3) is 1.59. The Labute approximate surface area is 81.3 Å². The van der Waals surface area contributed by atoms with Gasteiger partial charge in [0.05, 0.1) is 18.9 Å². The van der Waals surface area contributed by atoms with Crippen LogP contribution in [0.1, 0.15) is 11.3 Å². The van der Waals surface area contributed by atoms with E-state index in [2.05, 4.69) is 15.3 Å². The Morgan fingerprint density at radius 2 is 2.31 bits per heavy atom. The first-order valence-corrected chi connectivity index (χ1v) is 4.50. The largest absolute Gasteiger partial charge is 0.376 e. The van der Waals surface area contributed by atoms with Gasteiger partial charge in [-0.05, 0) is 11.6 Å². The van der Waals surface area contributed by atoms with Gasteiger partial charge in [0.25, 0.3) is 0 Å². The molecule has 0 atom stereocenters. The fourth-order valence-corrected chi connectivity index (χ4v) is 1.60. The first-order valence-electron chi connectivity index (χ1n) is 4.12. The fourth-order valence-electron chi connectivity index (χ4n) is 1.41. The molecule has 0 fully saturated rings. The van der Waals surface area contributed by atoms with Crippen LogP contribution in [-0.4, -0.2) is 23.6 Å². The normalized spacial score (nSPS) is 15.2. The van der Waals surface area contributed by atoms with Crippen LogP contribution in [0.25, 0.3) is 0 Å². The van der Waals surface area contributed by atoms with E-state index in [0.717, 1.165) is 23.5 Å². The van der Waals surface area contributed by atoms with Crippen molar-refractivity contribution < 1.29 is 4.74 Å². The fraction of sp³-hybridized carbons (Fsp3) is 0.500. The van der Waals surface area contributed by atoms with Crippen LogP contribution in [0.5, 0.6) is 0 Å². The van der Waals surface area contributed by atoms with Gasteiger partial charge in [-0.1, -0.05) is 0 Å². The molecule has 2 rings (SSSR count). The molecule has 1 aromatic rings. The lowest BCUT2D eigenvalue weighted by Gasteiger charge is -2.17. The second-order valence-electron chi connectivity index (χ2n) is 2.82. The summed E-state index contributed by atoms with van der Waals surface area (Å²) in [5, 5.41) is 3.28. The molecule has 0 amide bonds. The quantitative estimate of drug-likeness (QED) is 0.692. The van der Waals surface area contributed by atoms with Crippen molar-refractivity contribution >= 4 is 17.4 Å². The van der Waals surface area contributed by atoms with Crippen LogP contribution in [0.2, 0.25) is 5.28 Å². The van der Waals surface area contributed by atoms with E-state index >= 15 is 0 Å². The molecule has 0 aliphatic carbocycles. The van der Waals surface area contributed by atoms with E-state index in [1.54, 1.807) is 0 Å². The maximum atomic E-state index is 5.76. The molecule has 70 valence electrons. The maximum absolute atomic E-state index is 5.76. The maximum Gasteiger partial charge on any atom is 0.224 e. The number of fused-ring (bicyclic) bond motifs is 1. The Bertz CT molecular complexity index is 312. The highest BCUT2D eigenvalue weighted by atomic mass is 35.5. The van der Waals surface area contributed by atoms with Gasteiger partial charge in [-0.2, -0.15) is 0 Å². The summed E-state index contributed by atoms with van der Waals surface area (Å²) in [6, 6.07) is 0. The summed E-state index contributed by atoms with van der Waals surface area (Å²) in [5.74, 6) is 0.773. The zero-order chi connectivity index (χ0) is 9.26. The highest BCUT2D eigenvalue weighted by Crippen LogP contribution is 2.22. The van der Waals surface area contributed by atoms with Gasteiger partial charge >= 0.3 is 0 Å². The highest BCUT2D eigenvalue weighted by molar-refractivity contribution is 6.28. The predicted octanol–water partition coefficient (Wildman–Crippen LogP) is 1.24. The average molecular weight is 200 g/mol. The molecule has 1 aliphatic heterocycles. The van der Waals surface area contributed by atoms with Crippen molar-refractivity contribution in [3.8, 4) is 0 Å². The van der Waals surface area contributed by atoms with Gasteiger partial charge in [0.2, 0.25) is 5.28 Å². The topological polar surface area (TPSA) is 47.0 Å². The van der Waals surface area contributed by atoms with Crippen molar-refractivity contribution in [1.82, 2.24) is 9.97 Å². The number of anilines is 1. The van der Waals surface area contributed by atoms with Crippen LogP contribution in [0.4, 0.5) is 5.82 Å². The molecule has 0 saturated heterocycles. The molecule has 13 heavy (non-hydrogen) atoms. The third-order valence-electron chi connectivity index (χ3n) is 2.03. The summed E-state index contributed by atoms with van der Waals surface area (Å²) >= 11 is 5.76. The van der Waals surface area contributed by atoms with E-state index in [9.17, 15) is 0 Å². The Kier molecular flexibility index (Phi) is 2.33. The number of nitrogens with one attached hydrogen (secondary N) is 1. The van der Waals surface area contributed by atoms with Gasteiger partial charge < -0.3 is 10.1 Å². The Morgan fingerprint density at radius 3 is 3.08 bits per heavy atom. The molecular formula is C8H10ClN3O. The smallest absolute Gasteiger partial charge is 0.224 e. The van der Waals surface area contributed by atoms with Crippen molar-refractivity contribution in [2.45, 2.75) is 13.0 Å². The number of halogens is 1. The van der Waals surface area contributed by atoms with Gasteiger partial charge in [-0.15, -0.1) is 0 Å². The molecular weight excluding hydrogens is 190 g/mol. The summed E-state index contributed by atoms with van der Waals surface area (Å²) in [4.78, 5) is 8.22. The molecule has 1 aromatic heterocycles. The third-order valence-corrected chi connectivity index (χ3v) is 2.20. The Balaban J connectivity index is 2.50. The van der Waals surface area contributed by atoms with Crippen molar-refractivity contribution in [2.24, 2.45) is 0 Å². The summed E-state index contributed by atoms with van der Waals surface area (Å²) < 4.78 is 5.32. The number of hydrogen-bond acceptors (Lipinski definition) is 4. The first-order chi connectivity index (χ1) is 6.31. The second-order valence-corrected chi connectivity index (χ2v) is 3.16. The van der Waals surface area contributed by atoms with E-state index in [1.807, 2.05) is 7.05 Å². The van der Waals surface area contributed by atoms with E-state index in [0.29, 0.717) is 18.5 Å². The molecule has 0 spiro atoms. The molecule has 0 saturated carbocycles. The van der Waals surface area contributed by atoms with Crippen molar-refractivity contribution in [3.05, 3.63) is 16.5 Å². The minimum atomic E-state index is 0.296. The number of nitrogens with zero attached hydrogens (tertiary/aromatic N) is 2. The summed E-state index contributed by atoms with van der Waals surface area (Å²) in [6.07, 6.45) is 0.812. The molecule has 0 bridgehead atoms.